The molecule has 0 aromatic rings. The smallest absolute Gasteiger partial charge is 0.211 e. The maximum Gasteiger partial charge on any atom is 0.211 e. The summed E-state index contributed by atoms with van der Waals surface area (Å²) in [5.41, 5.74) is 0. The van der Waals surface area contributed by atoms with Crippen LogP contribution in [0, 0.1) is 0 Å². The Bertz CT molecular complexity index is 713. The molecule has 0 aliphatic carbocycles. The van der Waals surface area contributed by atoms with Gasteiger partial charge in [-0.15, -0.1) is 47.0 Å². The van der Waals surface area contributed by atoms with Crippen molar-refractivity contribution >= 4 is 104 Å². The molecule has 34 heavy (non-hydrogen) atoms. The van der Waals surface area contributed by atoms with Gasteiger partial charge in [-0.05, 0) is 60.2 Å². The maximum atomic E-state index is 11.4. The molecule has 0 bridgehead atoms. The second-order valence-corrected chi connectivity index (χ2v) is 17.8. The molecular formula is C24H34O2S8. The Labute approximate surface area is 240 Å². The molecule has 2 atom stereocenters. The van der Waals surface area contributed by atoms with Gasteiger partial charge in [0.15, 0.2) is 0 Å². The lowest BCUT2D eigenvalue weighted by atomic mass is 10.2. The SMILES string of the molecule is C=CC(=O)SCC1=C(C)SC(CSCCCCCCSCC2SC(C)=C(CSC(=O)C=C)S2)S1. The first-order valence-electron chi connectivity index (χ1n) is 11.2. The van der Waals surface area contributed by atoms with Crippen molar-refractivity contribution in [3.63, 3.8) is 0 Å². The molecule has 2 rings (SSSR count). The van der Waals surface area contributed by atoms with E-state index in [2.05, 4.69) is 50.5 Å². The maximum absolute atomic E-state index is 11.4. The van der Waals surface area contributed by atoms with Gasteiger partial charge in [0.2, 0.25) is 10.2 Å². The van der Waals surface area contributed by atoms with Crippen LogP contribution < -0.4 is 0 Å². The van der Waals surface area contributed by atoms with Gasteiger partial charge in [-0.25, -0.2) is 0 Å². The molecule has 0 aromatic carbocycles. The zero-order valence-electron chi connectivity index (χ0n) is 19.9. The van der Waals surface area contributed by atoms with Gasteiger partial charge in [-0.3, -0.25) is 9.59 Å². The average molecular weight is 611 g/mol. The third-order valence-corrected chi connectivity index (χ3v) is 15.9. The number of unbranched alkanes of at least 4 members (excludes halogenated alkanes) is 3. The lowest BCUT2D eigenvalue weighted by Gasteiger charge is -2.09. The molecule has 190 valence electrons. The van der Waals surface area contributed by atoms with Gasteiger partial charge in [0.25, 0.3) is 0 Å². The van der Waals surface area contributed by atoms with Crippen LogP contribution in [0.3, 0.4) is 0 Å². The highest BCUT2D eigenvalue weighted by atomic mass is 32.2. The number of allylic oxidation sites excluding steroid dienone is 2. The second kappa shape index (κ2) is 18.4. The summed E-state index contributed by atoms with van der Waals surface area (Å²) in [4.78, 5) is 28.4. The van der Waals surface area contributed by atoms with Crippen molar-refractivity contribution in [2.75, 3.05) is 34.5 Å². The highest BCUT2D eigenvalue weighted by Gasteiger charge is 2.24. The van der Waals surface area contributed by atoms with Crippen LogP contribution in [0.25, 0.3) is 0 Å². The number of carbonyl (C=O) groups is 2. The van der Waals surface area contributed by atoms with Gasteiger partial charge in [0.1, 0.15) is 0 Å². The van der Waals surface area contributed by atoms with Crippen LogP contribution in [0.1, 0.15) is 39.5 Å². The standard InChI is InChI=1S/C24H34O2S8/c1-5-21(25)29-13-19-17(3)31-23(33-19)15-27-11-9-7-8-10-12-28-16-24-32-18(4)20(34-24)14-30-22(26)6-2/h5-6,23-24H,1-2,7-16H2,3-4H3. The zero-order valence-corrected chi connectivity index (χ0v) is 26.4. The summed E-state index contributed by atoms with van der Waals surface area (Å²) in [5.74, 6) is 6.44. The zero-order chi connectivity index (χ0) is 24.8. The van der Waals surface area contributed by atoms with Crippen LogP contribution in [0.4, 0.5) is 0 Å². The van der Waals surface area contributed by atoms with Crippen LogP contribution in [0.15, 0.2) is 44.9 Å². The van der Waals surface area contributed by atoms with Gasteiger partial charge in [0.05, 0.1) is 9.16 Å². The van der Waals surface area contributed by atoms with E-state index in [-0.39, 0.29) is 10.2 Å². The van der Waals surface area contributed by atoms with Crippen LogP contribution >= 0.6 is 94.1 Å². The predicted molar refractivity (Wildman–Crippen MR) is 172 cm³/mol. The molecule has 0 spiro atoms. The molecular weight excluding hydrogens is 577 g/mol. The lowest BCUT2D eigenvalue weighted by Crippen LogP contribution is -1.99. The summed E-state index contributed by atoms with van der Waals surface area (Å²) in [7, 11) is 0. The van der Waals surface area contributed by atoms with Crippen molar-refractivity contribution in [3.05, 3.63) is 44.9 Å². The van der Waals surface area contributed by atoms with Gasteiger partial charge >= 0.3 is 0 Å². The first-order valence-corrected chi connectivity index (χ1v) is 19.0. The summed E-state index contributed by atoms with van der Waals surface area (Å²) in [5, 5.41) is 0.125. The number of hydrogen-bond acceptors (Lipinski definition) is 10. The number of thioether (sulfide) groups is 8. The van der Waals surface area contributed by atoms with Crippen LogP contribution in [0.2, 0.25) is 0 Å². The fourth-order valence-corrected chi connectivity index (χ4v) is 13.7. The van der Waals surface area contributed by atoms with E-state index in [0.717, 1.165) is 11.5 Å². The van der Waals surface area contributed by atoms with Crippen LogP contribution in [0.5, 0.6) is 0 Å². The largest absolute Gasteiger partial charge is 0.282 e. The molecule has 0 N–H and O–H groups in total. The van der Waals surface area contributed by atoms with Gasteiger partial charge in [-0.1, -0.05) is 49.5 Å². The Hall–Kier alpha value is 1.10. The molecule has 0 saturated heterocycles. The molecule has 0 radical (unpaired) electrons. The van der Waals surface area contributed by atoms with Crippen molar-refractivity contribution in [1.29, 1.82) is 0 Å². The Balaban J connectivity index is 1.41. The molecule has 0 saturated carbocycles. The van der Waals surface area contributed by atoms with Crippen molar-refractivity contribution in [3.8, 4) is 0 Å². The highest BCUT2D eigenvalue weighted by molar-refractivity contribution is 8.25. The Kier molecular flexibility index (Phi) is 16.9. The van der Waals surface area contributed by atoms with E-state index in [4.69, 9.17) is 0 Å². The van der Waals surface area contributed by atoms with E-state index in [1.807, 2.05) is 47.0 Å². The Morgan fingerprint density at radius 1 is 0.735 bits per heavy atom. The number of hydrogen-bond donors (Lipinski definition) is 0. The minimum Gasteiger partial charge on any atom is -0.282 e. The second-order valence-electron chi connectivity index (χ2n) is 7.48. The Morgan fingerprint density at radius 3 is 1.53 bits per heavy atom. The van der Waals surface area contributed by atoms with E-state index in [0.29, 0.717) is 9.16 Å². The van der Waals surface area contributed by atoms with Gasteiger partial charge in [-0.2, -0.15) is 23.5 Å². The van der Waals surface area contributed by atoms with Gasteiger partial charge in [0, 0.05) is 32.8 Å². The monoisotopic (exact) mass is 610 g/mol. The fraction of sp³-hybridized carbons (Fsp3) is 0.583. The van der Waals surface area contributed by atoms with E-state index in [9.17, 15) is 9.59 Å². The molecule has 2 unspecified atom stereocenters. The summed E-state index contributed by atoms with van der Waals surface area (Å²) in [6, 6.07) is 0. The number of rotatable bonds is 17. The van der Waals surface area contributed by atoms with Crippen molar-refractivity contribution in [1.82, 2.24) is 0 Å². The first-order chi connectivity index (χ1) is 16.4. The lowest BCUT2D eigenvalue weighted by molar-refractivity contribution is -0.107. The summed E-state index contributed by atoms with van der Waals surface area (Å²) in [6.07, 6.45) is 8.07. The minimum absolute atomic E-state index is 0.0625. The molecule has 2 aliphatic heterocycles. The van der Waals surface area contributed by atoms with Crippen LogP contribution in [-0.4, -0.2) is 53.9 Å². The average Bonchev–Trinajstić information content (AvgIpc) is 3.37. The van der Waals surface area contributed by atoms with E-state index in [1.165, 1.54) is 104 Å². The fourth-order valence-electron chi connectivity index (χ4n) is 2.98. The van der Waals surface area contributed by atoms with Crippen molar-refractivity contribution in [2.45, 2.75) is 48.7 Å². The van der Waals surface area contributed by atoms with Crippen molar-refractivity contribution < 1.29 is 9.59 Å². The van der Waals surface area contributed by atoms with E-state index in [1.54, 1.807) is 0 Å². The molecule has 2 heterocycles. The van der Waals surface area contributed by atoms with Gasteiger partial charge < -0.3 is 0 Å². The molecule has 2 aliphatic rings. The predicted octanol–water partition coefficient (Wildman–Crippen LogP) is 8.98. The summed E-state index contributed by atoms with van der Waals surface area (Å²) < 4.78 is 1.20. The molecule has 0 amide bonds. The quantitative estimate of drug-likeness (QED) is 0.118. The summed E-state index contributed by atoms with van der Waals surface area (Å²) in [6.45, 7) is 11.4. The molecule has 2 nitrogen and oxygen atoms in total. The topological polar surface area (TPSA) is 34.1 Å². The highest BCUT2D eigenvalue weighted by Crippen LogP contribution is 2.48. The number of carbonyl (C=O) groups excluding carboxylic acids is 2. The third kappa shape index (κ3) is 12.6. The van der Waals surface area contributed by atoms with E-state index >= 15 is 0 Å². The molecule has 10 heteroatoms. The van der Waals surface area contributed by atoms with E-state index < -0.39 is 0 Å². The Morgan fingerprint density at radius 2 is 1.15 bits per heavy atom. The van der Waals surface area contributed by atoms with Crippen LogP contribution in [-0.2, 0) is 9.59 Å². The third-order valence-electron chi connectivity index (χ3n) is 4.81. The first kappa shape index (κ1) is 31.3. The summed E-state index contributed by atoms with van der Waals surface area (Å²) >= 11 is 14.7. The molecule has 0 fully saturated rings. The molecule has 0 aromatic heterocycles. The normalized spacial score (nSPS) is 20.3. The van der Waals surface area contributed by atoms with Crippen molar-refractivity contribution in [2.24, 2.45) is 0 Å². The minimum atomic E-state index is 0.0625.